The molecule has 0 atom stereocenters. The summed E-state index contributed by atoms with van der Waals surface area (Å²) < 4.78 is 10.9. The van der Waals surface area contributed by atoms with Crippen LogP contribution in [-0.4, -0.2) is 41.5 Å². The third kappa shape index (κ3) is 5.34. The summed E-state index contributed by atoms with van der Waals surface area (Å²) in [5.74, 6) is 1.71. The number of aromatic nitrogens is 1. The van der Waals surface area contributed by atoms with Crippen LogP contribution in [0.25, 0.3) is 0 Å². The number of benzene rings is 1. The molecule has 1 fully saturated rings. The van der Waals surface area contributed by atoms with Gasteiger partial charge in [0.05, 0.1) is 17.7 Å². The van der Waals surface area contributed by atoms with E-state index >= 15 is 0 Å². The van der Waals surface area contributed by atoms with Crippen molar-refractivity contribution in [1.82, 2.24) is 15.4 Å². The maximum Gasteiger partial charge on any atom is 0.224 e. The molecule has 0 bridgehead atoms. The average molecular weight is 385 g/mol. The van der Waals surface area contributed by atoms with Crippen LogP contribution in [0.15, 0.2) is 28.8 Å². The SMILES string of the molecule is Cc1noc(C)c1COc1ccc(CC(=O)NCCCN2CCCC2=O)cc1. The molecule has 150 valence electrons. The van der Waals surface area contributed by atoms with Crippen molar-refractivity contribution in [2.75, 3.05) is 19.6 Å². The molecule has 7 heteroatoms. The molecule has 1 aliphatic rings. The van der Waals surface area contributed by atoms with Crippen LogP contribution in [0.1, 0.15) is 41.8 Å². The molecule has 1 saturated heterocycles. The van der Waals surface area contributed by atoms with Crippen LogP contribution in [-0.2, 0) is 22.6 Å². The zero-order chi connectivity index (χ0) is 19.9. The molecule has 0 unspecified atom stereocenters. The molecule has 0 radical (unpaired) electrons. The molecule has 2 aromatic rings. The fourth-order valence-corrected chi connectivity index (χ4v) is 3.25. The first kappa shape index (κ1) is 19.9. The Kier molecular flexibility index (Phi) is 6.68. The van der Waals surface area contributed by atoms with Gasteiger partial charge in [0.25, 0.3) is 0 Å². The maximum absolute atomic E-state index is 12.1. The zero-order valence-electron chi connectivity index (χ0n) is 16.5. The number of carbonyl (C=O) groups is 2. The van der Waals surface area contributed by atoms with E-state index in [1.165, 1.54) is 0 Å². The number of nitrogens with zero attached hydrogens (tertiary/aromatic N) is 2. The predicted octanol–water partition coefficient (Wildman–Crippen LogP) is 2.54. The molecule has 7 nitrogen and oxygen atoms in total. The number of hydrogen-bond donors (Lipinski definition) is 1. The van der Waals surface area contributed by atoms with E-state index in [4.69, 9.17) is 9.26 Å². The summed E-state index contributed by atoms with van der Waals surface area (Å²) >= 11 is 0. The number of hydrogen-bond acceptors (Lipinski definition) is 5. The zero-order valence-corrected chi connectivity index (χ0v) is 16.5. The third-order valence-corrected chi connectivity index (χ3v) is 4.95. The van der Waals surface area contributed by atoms with Gasteiger partial charge in [-0.3, -0.25) is 9.59 Å². The van der Waals surface area contributed by atoms with Crippen LogP contribution in [0.3, 0.4) is 0 Å². The van der Waals surface area contributed by atoms with Gasteiger partial charge < -0.3 is 19.5 Å². The van der Waals surface area contributed by atoms with Crippen molar-refractivity contribution in [3.05, 3.63) is 46.8 Å². The standard InChI is InChI=1S/C21H27N3O4/c1-15-19(16(2)28-23-15)14-27-18-8-6-17(7-9-18)13-20(25)22-10-4-12-24-11-3-5-21(24)26/h6-9H,3-5,10-14H2,1-2H3,(H,22,25). The van der Waals surface area contributed by atoms with Crippen molar-refractivity contribution < 1.29 is 18.8 Å². The molecular weight excluding hydrogens is 358 g/mol. The lowest BCUT2D eigenvalue weighted by molar-refractivity contribution is -0.127. The van der Waals surface area contributed by atoms with Crippen LogP contribution in [0.5, 0.6) is 5.75 Å². The minimum atomic E-state index is -0.0165. The minimum absolute atomic E-state index is 0.0165. The molecule has 2 amide bonds. The first-order valence-electron chi connectivity index (χ1n) is 9.71. The molecule has 1 aliphatic heterocycles. The summed E-state index contributed by atoms with van der Waals surface area (Å²) in [6, 6.07) is 7.51. The van der Waals surface area contributed by atoms with Gasteiger partial charge in [0.15, 0.2) is 0 Å². The van der Waals surface area contributed by atoms with Gasteiger partial charge in [0.2, 0.25) is 11.8 Å². The van der Waals surface area contributed by atoms with Crippen LogP contribution in [0, 0.1) is 13.8 Å². The number of aryl methyl sites for hydroxylation is 2. The highest BCUT2D eigenvalue weighted by Crippen LogP contribution is 2.18. The Labute approximate surface area is 165 Å². The van der Waals surface area contributed by atoms with Gasteiger partial charge in [-0.1, -0.05) is 17.3 Å². The molecule has 1 aromatic carbocycles. The third-order valence-electron chi connectivity index (χ3n) is 4.95. The summed E-state index contributed by atoms with van der Waals surface area (Å²) in [4.78, 5) is 25.5. The molecule has 0 saturated carbocycles. The van der Waals surface area contributed by atoms with Gasteiger partial charge in [-0.05, 0) is 44.4 Å². The minimum Gasteiger partial charge on any atom is -0.489 e. The average Bonchev–Trinajstić information content (AvgIpc) is 3.23. The topological polar surface area (TPSA) is 84.7 Å². The van der Waals surface area contributed by atoms with E-state index in [9.17, 15) is 9.59 Å². The monoisotopic (exact) mass is 385 g/mol. The lowest BCUT2D eigenvalue weighted by atomic mass is 10.1. The highest BCUT2D eigenvalue weighted by Gasteiger charge is 2.19. The molecule has 2 heterocycles. The Balaban J connectivity index is 1.37. The smallest absolute Gasteiger partial charge is 0.224 e. The normalized spacial score (nSPS) is 13.8. The van der Waals surface area contributed by atoms with Gasteiger partial charge in [-0.15, -0.1) is 0 Å². The lowest BCUT2D eigenvalue weighted by Crippen LogP contribution is -2.31. The number of nitrogens with one attached hydrogen (secondary N) is 1. The summed E-state index contributed by atoms with van der Waals surface area (Å²) in [6.45, 7) is 6.30. The quantitative estimate of drug-likeness (QED) is 0.671. The largest absolute Gasteiger partial charge is 0.489 e. The van der Waals surface area contributed by atoms with Crippen molar-refractivity contribution in [2.24, 2.45) is 0 Å². The van der Waals surface area contributed by atoms with Gasteiger partial charge in [0.1, 0.15) is 18.1 Å². The predicted molar refractivity (Wildman–Crippen MR) is 104 cm³/mol. The van der Waals surface area contributed by atoms with E-state index in [-0.39, 0.29) is 11.8 Å². The van der Waals surface area contributed by atoms with E-state index in [2.05, 4.69) is 10.5 Å². The molecular formula is C21H27N3O4. The van der Waals surface area contributed by atoms with Gasteiger partial charge in [-0.25, -0.2) is 0 Å². The Morgan fingerprint density at radius 2 is 2.07 bits per heavy atom. The number of rotatable bonds is 9. The summed E-state index contributed by atoms with van der Waals surface area (Å²) in [6.07, 6.45) is 2.71. The highest BCUT2D eigenvalue weighted by molar-refractivity contribution is 5.79. The molecule has 28 heavy (non-hydrogen) atoms. The summed E-state index contributed by atoms with van der Waals surface area (Å²) in [5.41, 5.74) is 2.72. The number of ether oxygens (including phenoxy) is 1. The number of carbonyl (C=O) groups excluding carboxylic acids is 2. The first-order chi connectivity index (χ1) is 13.5. The van der Waals surface area contributed by atoms with Crippen molar-refractivity contribution in [1.29, 1.82) is 0 Å². The number of likely N-dealkylation sites (tertiary alicyclic amines) is 1. The second kappa shape index (κ2) is 9.39. The highest BCUT2D eigenvalue weighted by atomic mass is 16.5. The van der Waals surface area contributed by atoms with Crippen molar-refractivity contribution in [3.63, 3.8) is 0 Å². The Hall–Kier alpha value is -2.83. The van der Waals surface area contributed by atoms with Crippen molar-refractivity contribution in [2.45, 2.75) is 46.1 Å². The van der Waals surface area contributed by atoms with Crippen LogP contribution >= 0.6 is 0 Å². The molecule has 1 aromatic heterocycles. The fourth-order valence-electron chi connectivity index (χ4n) is 3.25. The van der Waals surface area contributed by atoms with Crippen LogP contribution in [0.4, 0.5) is 0 Å². The Morgan fingerprint density at radius 1 is 1.29 bits per heavy atom. The first-order valence-corrected chi connectivity index (χ1v) is 9.71. The van der Waals surface area contributed by atoms with Gasteiger partial charge in [0, 0.05) is 26.1 Å². The van der Waals surface area contributed by atoms with E-state index in [0.717, 1.165) is 54.3 Å². The van der Waals surface area contributed by atoms with Gasteiger partial charge in [-0.2, -0.15) is 0 Å². The van der Waals surface area contributed by atoms with Crippen LogP contribution in [0.2, 0.25) is 0 Å². The fraction of sp³-hybridized carbons (Fsp3) is 0.476. The lowest BCUT2D eigenvalue weighted by Gasteiger charge is -2.15. The molecule has 3 rings (SSSR count). The Morgan fingerprint density at radius 3 is 2.71 bits per heavy atom. The van der Waals surface area contributed by atoms with E-state index in [0.29, 0.717) is 26.0 Å². The van der Waals surface area contributed by atoms with Gasteiger partial charge >= 0.3 is 0 Å². The summed E-state index contributed by atoms with van der Waals surface area (Å²) in [7, 11) is 0. The van der Waals surface area contributed by atoms with E-state index in [1.54, 1.807) is 0 Å². The molecule has 1 N–H and O–H groups in total. The number of amides is 2. The second-order valence-electron chi connectivity index (χ2n) is 7.10. The maximum atomic E-state index is 12.1. The molecule has 0 spiro atoms. The second-order valence-corrected chi connectivity index (χ2v) is 7.10. The van der Waals surface area contributed by atoms with Crippen molar-refractivity contribution in [3.8, 4) is 5.75 Å². The van der Waals surface area contributed by atoms with E-state index in [1.807, 2.05) is 43.0 Å². The summed E-state index contributed by atoms with van der Waals surface area (Å²) in [5, 5.41) is 6.83. The van der Waals surface area contributed by atoms with E-state index < -0.39 is 0 Å². The molecule has 0 aliphatic carbocycles. The van der Waals surface area contributed by atoms with Crippen molar-refractivity contribution >= 4 is 11.8 Å². The van der Waals surface area contributed by atoms with Crippen LogP contribution < -0.4 is 10.1 Å². The Bertz CT molecular complexity index is 794.